The van der Waals surface area contributed by atoms with E-state index in [0.717, 1.165) is 6.16 Å². The monoisotopic (exact) mass is 368 g/mol. The van der Waals surface area contributed by atoms with Crippen LogP contribution in [0.1, 0.15) is 23.6 Å². The van der Waals surface area contributed by atoms with Crippen LogP contribution in [0, 0.1) is 20.8 Å². The largest absolute Gasteiger partial charge is 1.00 e. The van der Waals surface area contributed by atoms with Gasteiger partial charge >= 0.3 is 0 Å². The first-order chi connectivity index (χ1) is 11.6. The first-order valence-electron chi connectivity index (χ1n) is 8.66. The molecule has 0 bridgehead atoms. The first kappa shape index (κ1) is 19.7. The Kier molecular flexibility index (Phi) is 6.44. The van der Waals surface area contributed by atoms with E-state index >= 15 is 0 Å². The summed E-state index contributed by atoms with van der Waals surface area (Å²) in [6.07, 6.45) is 1.14. The number of hydrogen-bond acceptors (Lipinski definition) is 0. The van der Waals surface area contributed by atoms with E-state index in [1.807, 2.05) is 0 Å². The van der Waals surface area contributed by atoms with Gasteiger partial charge in [0.1, 0.15) is 23.2 Å². The molecule has 0 heterocycles. The van der Waals surface area contributed by atoms with E-state index in [4.69, 9.17) is 0 Å². The molecule has 0 unspecified atom stereocenters. The van der Waals surface area contributed by atoms with Crippen LogP contribution in [0.5, 0.6) is 0 Å². The van der Waals surface area contributed by atoms with Crippen molar-refractivity contribution >= 4 is 23.2 Å². The molecular weight excluding hydrogens is 343 g/mol. The third-order valence-corrected chi connectivity index (χ3v) is 9.39. The minimum atomic E-state index is -1.59. The highest BCUT2D eigenvalue weighted by Crippen LogP contribution is 2.54. The standard InChI is InChI=1S/C23H26P.ClH/c1-5-24(21-12-6-18(2)7-13-21,22-14-8-19(3)9-15-22)23-16-10-20(4)11-17-23;/h6-17H,5H2,1-4H3;1H/q+1;/p-1. The van der Waals surface area contributed by atoms with E-state index in [9.17, 15) is 0 Å². The molecule has 3 rings (SSSR count). The van der Waals surface area contributed by atoms with Crippen LogP contribution in [0.25, 0.3) is 0 Å². The molecule has 3 aromatic rings. The predicted molar refractivity (Wildman–Crippen MR) is 110 cm³/mol. The lowest BCUT2D eigenvalue weighted by Crippen LogP contribution is -3.00. The predicted octanol–water partition coefficient (Wildman–Crippen LogP) is 1.93. The second kappa shape index (κ2) is 8.17. The van der Waals surface area contributed by atoms with E-state index in [1.54, 1.807) is 0 Å². The van der Waals surface area contributed by atoms with Gasteiger partial charge in [-0.05, 0) is 64.1 Å². The molecule has 3 aromatic carbocycles. The molecule has 0 saturated carbocycles. The van der Waals surface area contributed by atoms with Gasteiger partial charge in [-0.15, -0.1) is 0 Å². The van der Waals surface area contributed by atoms with Crippen LogP contribution in [0.4, 0.5) is 0 Å². The van der Waals surface area contributed by atoms with Gasteiger partial charge in [-0.3, -0.25) is 0 Å². The third kappa shape index (κ3) is 3.81. The van der Waals surface area contributed by atoms with Gasteiger partial charge in [0.2, 0.25) is 0 Å². The Hall–Kier alpha value is -1.62. The quantitative estimate of drug-likeness (QED) is 0.617. The maximum atomic E-state index is 2.34. The van der Waals surface area contributed by atoms with Crippen molar-refractivity contribution < 1.29 is 12.4 Å². The number of benzene rings is 3. The lowest BCUT2D eigenvalue weighted by molar-refractivity contribution is -0.00000498. The Bertz CT molecular complexity index is 691. The lowest BCUT2D eigenvalue weighted by Gasteiger charge is -2.26. The highest BCUT2D eigenvalue weighted by Gasteiger charge is 2.43. The molecule has 0 aliphatic heterocycles. The zero-order valence-corrected chi connectivity index (χ0v) is 17.1. The maximum Gasteiger partial charge on any atom is 0.111 e. The topological polar surface area (TPSA) is 0 Å². The molecule has 0 spiro atoms. The van der Waals surface area contributed by atoms with Gasteiger partial charge in [0.15, 0.2) is 0 Å². The summed E-state index contributed by atoms with van der Waals surface area (Å²) in [4.78, 5) is 0. The van der Waals surface area contributed by atoms with Gasteiger partial charge in [0.05, 0.1) is 6.16 Å². The van der Waals surface area contributed by atoms with Crippen molar-refractivity contribution in [2.45, 2.75) is 27.7 Å². The fourth-order valence-electron chi connectivity index (χ4n) is 3.39. The normalized spacial score (nSPS) is 11.0. The molecule has 0 saturated heterocycles. The Balaban J connectivity index is 0.00000225. The number of aryl methyl sites for hydroxylation is 3. The van der Waals surface area contributed by atoms with Crippen molar-refractivity contribution in [3.05, 3.63) is 89.5 Å². The highest BCUT2D eigenvalue weighted by molar-refractivity contribution is 7.95. The molecule has 0 radical (unpaired) electrons. The second-order valence-corrected chi connectivity index (χ2v) is 10.4. The molecule has 0 N–H and O–H groups in total. The summed E-state index contributed by atoms with van der Waals surface area (Å²) >= 11 is 0. The molecule has 0 atom stereocenters. The Morgan fingerprint density at radius 3 is 0.960 bits per heavy atom. The number of halogens is 1. The van der Waals surface area contributed by atoms with Gasteiger partial charge < -0.3 is 12.4 Å². The SMILES string of the molecule is CC[P+](c1ccc(C)cc1)(c1ccc(C)cc1)c1ccc(C)cc1.[Cl-]. The average Bonchev–Trinajstić information content (AvgIpc) is 2.60. The van der Waals surface area contributed by atoms with E-state index in [2.05, 4.69) is 100 Å². The molecule has 0 aliphatic carbocycles. The van der Waals surface area contributed by atoms with Gasteiger partial charge in [0.25, 0.3) is 0 Å². The van der Waals surface area contributed by atoms with Gasteiger partial charge in [-0.25, -0.2) is 0 Å². The Labute approximate surface area is 159 Å². The van der Waals surface area contributed by atoms with Crippen LogP contribution in [0.3, 0.4) is 0 Å². The zero-order chi connectivity index (χ0) is 17.2. The van der Waals surface area contributed by atoms with Crippen molar-refractivity contribution in [1.29, 1.82) is 0 Å². The number of rotatable bonds is 4. The van der Waals surface area contributed by atoms with Crippen LogP contribution in [-0.2, 0) is 0 Å². The van der Waals surface area contributed by atoms with Crippen molar-refractivity contribution in [2.24, 2.45) is 0 Å². The molecule has 130 valence electrons. The van der Waals surface area contributed by atoms with Crippen molar-refractivity contribution in [3.63, 3.8) is 0 Å². The average molecular weight is 369 g/mol. The van der Waals surface area contributed by atoms with Crippen LogP contribution < -0.4 is 28.3 Å². The summed E-state index contributed by atoms with van der Waals surface area (Å²) in [7, 11) is -1.59. The highest BCUT2D eigenvalue weighted by atomic mass is 35.5. The first-order valence-corrected chi connectivity index (χ1v) is 10.6. The van der Waals surface area contributed by atoms with E-state index in [0.29, 0.717) is 0 Å². The summed E-state index contributed by atoms with van der Waals surface area (Å²) < 4.78 is 0. The van der Waals surface area contributed by atoms with E-state index < -0.39 is 7.26 Å². The molecule has 0 fully saturated rings. The van der Waals surface area contributed by atoms with Crippen molar-refractivity contribution in [2.75, 3.05) is 6.16 Å². The molecule has 0 aromatic heterocycles. The minimum absolute atomic E-state index is 0. The summed E-state index contributed by atoms with van der Waals surface area (Å²) in [5, 5.41) is 4.43. The molecule has 25 heavy (non-hydrogen) atoms. The van der Waals surface area contributed by atoms with Gasteiger partial charge in [0, 0.05) is 0 Å². The van der Waals surface area contributed by atoms with Crippen LogP contribution in [0.2, 0.25) is 0 Å². The molecule has 2 heteroatoms. The summed E-state index contributed by atoms with van der Waals surface area (Å²) in [6, 6.07) is 27.6. The van der Waals surface area contributed by atoms with Crippen LogP contribution >= 0.6 is 7.26 Å². The smallest absolute Gasteiger partial charge is 0.111 e. The maximum absolute atomic E-state index is 2.34. The number of hydrogen-bond donors (Lipinski definition) is 0. The molecule has 0 amide bonds. The second-order valence-electron chi connectivity index (χ2n) is 6.63. The summed E-state index contributed by atoms with van der Waals surface area (Å²) in [6.45, 7) is 8.82. The Morgan fingerprint density at radius 1 is 0.520 bits per heavy atom. The summed E-state index contributed by atoms with van der Waals surface area (Å²) in [5.41, 5.74) is 3.96. The minimum Gasteiger partial charge on any atom is -1.00 e. The fourth-order valence-corrected chi connectivity index (χ4v) is 7.36. The van der Waals surface area contributed by atoms with Crippen LogP contribution in [-0.4, -0.2) is 6.16 Å². The van der Waals surface area contributed by atoms with Crippen molar-refractivity contribution in [1.82, 2.24) is 0 Å². The third-order valence-electron chi connectivity index (χ3n) is 4.90. The van der Waals surface area contributed by atoms with E-state index in [1.165, 1.54) is 32.6 Å². The van der Waals surface area contributed by atoms with Gasteiger partial charge in [-0.1, -0.05) is 53.1 Å². The molecule has 0 nitrogen and oxygen atoms in total. The lowest BCUT2D eigenvalue weighted by atomic mass is 10.2. The van der Waals surface area contributed by atoms with E-state index in [-0.39, 0.29) is 12.4 Å². The van der Waals surface area contributed by atoms with Gasteiger partial charge in [-0.2, -0.15) is 0 Å². The molecular formula is C23H26ClP. The zero-order valence-electron chi connectivity index (χ0n) is 15.5. The molecule has 0 aliphatic rings. The Morgan fingerprint density at radius 2 is 0.760 bits per heavy atom. The van der Waals surface area contributed by atoms with Crippen molar-refractivity contribution in [3.8, 4) is 0 Å². The summed E-state index contributed by atoms with van der Waals surface area (Å²) in [5.74, 6) is 0. The fraction of sp³-hybridized carbons (Fsp3) is 0.217. The van der Waals surface area contributed by atoms with Crippen LogP contribution in [0.15, 0.2) is 72.8 Å².